The number of hydrogen-bond donors (Lipinski definition) is 1. The van der Waals surface area contributed by atoms with Gasteiger partial charge in [0.25, 0.3) is 0 Å². The molecule has 2 saturated heterocycles. The lowest BCUT2D eigenvalue weighted by atomic mass is 9.72. The van der Waals surface area contributed by atoms with Crippen molar-refractivity contribution in [1.29, 1.82) is 0 Å². The van der Waals surface area contributed by atoms with E-state index in [0.29, 0.717) is 64.7 Å². The number of nitrogens with zero attached hydrogens (tertiary/aromatic N) is 3. The number of benzene rings is 1. The number of aliphatic hydroxyl groups is 1. The number of carbonyl (C=O) groups is 2. The van der Waals surface area contributed by atoms with Crippen molar-refractivity contribution in [1.82, 2.24) is 9.80 Å². The van der Waals surface area contributed by atoms with E-state index in [1.807, 2.05) is 54.0 Å². The minimum atomic E-state index is -0.553. The van der Waals surface area contributed by atoms with Gasteiger partial charge >= 0.3 is 0 Å². The summed E-state index contributed by atoms with van der Waals surface area (Å²) in [6.07, 6.45) is 3.37. The quantitative estimate of drug-likeness (QED) is 0.762. The Balaban J connectivity index is 1.47. The van der Waals surface area contributed by atoms with Gasteiger partial charge in [-0.2, -0.15) is 0 Å². The maximum absolute atomic E-state index is 13.8. The van der Waals surface area contributed by atoms with Crippen molar-refractivity contribution in [3.8, 4) is 0 Å². The van der Waals surface area contributed by atoms with Gasteiger partial charge in [-0.1, -0.05) is 49.3 Å². The van der Waals surface area contributed by atoms with Gasteiger partial charge in [0.05, 0.1) is 17.2 Å². The van der Waals surface area contributed by atoms with Crippen molar-refractivity contribution < 1.29 is 19.5 Å². The first-order valence-electron chi connectivity index (χ1n) is 11.9. The van der Waals surface area contributed by atoms with Crippen LogP contribution in [-0.2, 0) is 14.4 Å². The second kappa shape index (κ2) is 9.61. The largest absolute Gasteiger partial charge is 0.393 e. The fraction of sp³-hybridized carbons (Fsp3) is 0.640. The van der Waals surface area contributed by atoms with Gasteiger partial charge in [0, 0.05) is 44.9 Å². The highest BCUT2D eigenvalue weighted by Gasteiger charge is 2.47. The van der Waals surface area contributed by atoms with Crippen LogP contribution in [0.15, 0.2) is 35.5 Å². The molecule has 4 rings (SSSR count). The van der Waals surface area contributed by atoms with Crippen LogP contribution in [-0.4, -0.2) is 70.8 Å². The van der Waals surface area contributed by atoms with Crippen LogP contribution < -0.4 is 0 Å². The van der Waals surface area contributed by atoms with E-state index in [1.54, 1.807) is 0 Å². The average molecular weight is 442 g/mol. The molecule has 0 aromatic heterocycles. The molecule has 7 heteroatoms. The topological polar surface area (TPSA) is 82.4 Å². The highest BCUT2D eigenvalue weighted by Crippen LogP contribution is 2.41. The minimum Gasteiger partial charge on any atom is -0.393 e. The van der Waals surface area contributed by atoms with Crippen molar-refractivity contribution in [3.05, 3.63) is 35.9 Å². The van der Waals surface area contributed by atoms with Crippen LogP contribution in [0.25, 0.3) is 0 Å². The van der Waals surface area contributed by atoms with Crippen LogP contribution in [0.2, 0.25) is 0 Å². The molecule has 1 atom stereocenters. The molecule has 0 saturated carbocycles. The summed E-state index contributed by atoms with van der Waals surface area (Å²) in [5.41, 5.74) is 1.42. The Kier molecular flexibility index (Phi) is 6.84. The fourth-order valence-electron chi connectivity index (χ4n) is 5.20. The van der Waals surface area contributed by atoms with Crippen LogP contribution in [0.5, 0.6) is 0 Å². The molecule has 0 bridgehead atoms. The van der Waals surface area contributed by atoms with E-state index < -0.39 is 5.41 Å². The molecule has 1 unspecified atom stereocenters. The summed E-state index contributed by atoms with van der Waals surface area (Å²) in [5, 5.41) is 14.2. The van der Waals surface area contributed by atoms with Crippen LogP contribution in [0.3, 0.4) is 0 Å². The second-order valence-electron chi connectivity index (χ2n) is 9.82. The SMILES string of the molecule is CC(C)C(=O)N1CCC(CC2CC(c3ccccc3)=NO2)(C(=O)N2CCC(O)CC2)CC1. The van der Waals surface area contributed by atoms with Crippen molar-refractivity contribution in [2.24, 2.45) is 16.5 Å². The Morgan fingerprint density at radius 2 is 1.75 bits per heavy atom. The lowest BCUT2D eigenvalue weighted by Gasteiger charge is -2.45. The molecule has 1 aromatic rings. The first-order valence-corrected chi connectivity index (χ1v) is 11.9. The summed E-state index contributed by atoms with van der Waals surface area (Å²) < 4.78 is 0. The Labute approximate surface area is 190 Å². The van der Waals surface area contributed by atoms with Gasteiger partial charge < -0.3 is 19.7 Å². The van der Waals surface area contributed by atoms with Crippen molar-refractivity contribution >= 4 is 17.5 Å². The van der Waals surface area contributed by atoms with Gasteiger partial charge in [-0.05, 0) is 31.2 Å². The molecule has 7 nitrogen and oxygen atoms in total. The Bertz CT molecular complexity index is 838. The van der Waals surface area contributed by atoms with E-state index >= 15 is 0 Å². The predicted molar refractivity (Wildman–Crippen MR) is 122 cm³/mol. The third-order valence-corrected chi connectivity index (χ3v) is 7.19. The summed E-state index contributed by atoms with van der Waals surface area (Å²) >= 11 is 0. The van der Waals surface area contributed by atoms with Gasteiger partial charge in [-0.3, -0.25) is 9.59 Å². The van der Waals surface area contributed by atoms with Gasteiger partial charge in [0.1, 0.15) is 6.10 Å². The van der Waals surface area contributed by atoms with Crippen LogP contribution in [0.4, 0.5) is 0 Å². The van der Waals surface area contributed by atoms with Gasteiger partial charge in [0.15, 0.2) is 0 Å². The molecule has 32 heavy (non-hydrogen) atoms. The molecule has 2 fully saturated rings. The van der Waals surface area contributed by atoms with Gasteiger partial charge in [-0.25, -0.2) is 0 Å². The lowest BCUT2D eigenvalue weighted by Crippen LogP contribution is -2.54. The smallest absolute Gasteiger partial charge is 0.229 e. The van der Waals surface area contributed by atoms with E-state index in [4.69, 9.17) is 4.84 Å². The molecule has 174 valence electrons. The van der Waals surface area contributed by atoms with E-state index in [2.05, 4.69) is 5.16 Å². The monoisotopic (exact) mass is 441 g/mol. The predicted octanol–water partition coefficient (Wildman–Crippen LogP) is 2.82. The number of likely N-dealkylation sites (tertiary alicyclic amines) is 2. The summed E-state index contributed by atoms with van der Waals surface area (Å²) in [5.74, 6) is 0.263. The maximum atomic E-state index is 13.8. The number of amides is 2. The number of oxime groups is 1. The zero-order valence-electron chi connectivity index (χ0n) is 19.2. The first-order chi connectivity index (χ1) is 15.4. The summed E-state index contributed by atoms with van der Waals surface area (Å²) in [7, 11) is 0. The molecule has 0 aliphatic carbocycles. The third kappa shape index (κ3) is 4.82. The molecule has 3 aliphatic rings. The second-order valence-corrected chi connectivity index (χ2v) is 9.82. The minimum absolute atomic E-state index is 0.0400. The number of piperidine rings is 2. The number of hydrogen-bond acceptors (Lipinski definition) is 5. The molecular formula is C25H35N3O4. The number of rotatable bonds is 5. The van der Waals surface area contributed by atoms with Crippen LogP contribution in [0, 0.1) is 11.3 Å². The molecule has 0 spiro atoms. The summed E-state index contributed by atoms with van der Waals surface area (Å²) in [6, 6.07) is 10.0. The van der Waals surface area contributed by atoms with E-state index in [-0.39, 0.29) is 29.9 Å². The zero-order valence-corrected chi connectivity index (χ0v) is 19.2. The van der Waals surface area contributed by atoms with E-state index in [9.17, 15) is 14.7 Å². The first kappa shape index (κ1) is 22.8. The summed E-state index contributed by atoms with van der Waals surface area (Å²) in [4.78, 5) is 35.9. The normalized spacial score (nSPS) is 23.8. The molecule has 1 N–H and O–H groups in total. The Hall–Kier alpha value is -2.41. The van der Waals surface area contributed by atoms with Crippen molar-refractivity contribution in [3.63, 3.8) is 0 Å². The van der Waals surface area contributed by atoms with Crippen LogP contribution >= 0.6 is 0 Å². The number of carbonyl (C=O) groups excluding carboxylic acids is 2. The highest BCUT2D eigenvalue weighted by molar-refractivity contribution is 6.01. The Morgan fingerprint density at radius 3 is 2.38 bits per heavy atom. The lowest BCUT2D eigenvalue weighted by molar-refractivity contribution is -0.153. The van der Waals surface area contributed by atoms with Gasteiger partial charge in [-0.15, -0.1) is 0 Å². The average Bonchev–Trinajstić information content (AvgIpc) is 3.28. The maximum Gasteiger partial charge on any atom is 0.229 e. The standard InChI is InChI=1S/C25H35N3O4/c1-18(2)23(30)27-14-10-25(11-15-27,24(31)28-12-8-20(29)9-13-28)17-21-16-22(26-32-21)19-6-4-3-5-7-19/h3-7,18,20-21,29H,8-17H2,1-2H3. The molecule has 3 heterocycles. The van der Waals surface area contributed by atoms with Crippen LogP contribution in [0.1, 0.15) is 57.9 Å². The number of aliphatic hydroxyl groups excluding tert-OH is 1. The molecule has 1 aromatic carbocycles. The fourth-order valence-corrected chi connectivity index (χ4v) is 5.20. The van der Waals surface area contributed by atoms with E-state index in [1.165, 1.54) is 0 Å². The molecule has 3 aliphatic heterocycles. The summed E-state index contributed by atoms with van der Waals surface area (Å²) in [6.45, 7) is 6.21. The van der Waals surface area contributed by atoms with Crippen molar-refractivity contribution in [2.45, 2.75) is 64.6 Å². The zero-order chi connectivity index (χ0) is 22.7. The molecular weight excluding hydrogens is 406 g/mol. The van der Waals surface area contributed by atoms with Crippen molar-refractivity contribution in [2.75, 3.05) is 26.2 Å². The van der Waals surface area contributed by atoms with Gasteiger partial charge in [0.2, 0.25) is 11.8 Å². The molecule has 0 radical (unpaired) electrons. The van der Waals surface area contributed by atoms with E-state index in [0.717, 1.165) is 11.3 Å². The highest BCUT2D eigenvalue weighted by atomic mass is 16.6. The molecule has 2 amide bonds. The Morgan fingerprint density at radius 1 is 1.09 bits per heavy atom. The third-order valence-electron chi connectivity index (χ3n) is 7.19.